The molecule has 4 aliphatic rings. The van der Waals surface area contributed by atoms with Crippen molar-refractivity contribution in [2.24, 2.45) is 0 Å². The van der Waals surface area contributed by atoms with Gasteiger partial charge in [-0.05, 0) is 135 Å². The average Bonchev–Trinajstić information content (AvgIpc) is 3.95. The monoisotopic (exact) mass is 859 g/mol. The first-order chi connectivity index (χ1) is 33.7. The molecule has 0 N–H and O–H groups in total. The first-order valence-corrected chi connectivity index (χ1v) is 24.0. The van der Waals surface area contributed by atoms with Gasteiger partial charge in [-0.15, -0.1) is 0 Å². The van der Waals surface area contributed by atoms with Crippen molar-refractivity contribution in [2.45, 2.75) is 16.2 Å². The fraction of sp³-hybridized carbons (Fsp3) is 0.0448. The molecule has 0 aliphatic heterocycles. The molecular formula is C67H41N. The topological polar surface area (TPSA) is 3.24 Å². The Bertz CT molecular complexity index is 4070. The van der Waals surface area contributed by atoms with Crippen LogP contribution in [0.1, 0.15) is 33.4 Å². The largest absolute Gasteiger partial charge is 0.310 e. The minimum Gasteiger partial charge on any atom is -0.310 e. The molecule has 1 nitrogen and oxygen atoms in total. The minimum absolute atomic E-state index is 0.357. The summed E-state index contributed by atoms with van der Waals surface area (Å²) in [4.78, 5) is 2.55. The highest BCUT2D eigenvalue weighted by Gasteiger charge is 2.94. The molecule has 0 saturated heterocycles. The first-order valence-electron chi connectivity index (χ1n) is 24.0. The van der Waals surface area contributed by atoms with E-state index >= 15 is 0 Å². The fourth-order valence-corrected chi connectivity index (χ4v) is 14.6. The molecule has 0 radical (unpaired) electrons. The third-order valence-electron chi connectivity index (χ3n) is 16.8. The Hall–Kier alpha value is -8.52. The maximum atomic E-state index is 2.55. The maximum Gasteiger partial charge on any atom is 0.0540 e. The van der Waals surface area contributed by atoms with Crippen molar-refractivity contribution >= 4 is 60.2 Å². The van der Waals surface area contributed by atoms with Crippen molar-refractivity contribution in [2.75, 3.05) is 4.90 Å². The third-order valence-corrected chi connectivity index (χ3v) is 16.8. The molecule has 1 fully saturated rings. The molecule has 12 aromatic rings. The predicted molar refractivity (Wildman–Crippen MR) is 283 cm³/mol. The lowest BCUT2D eigenvalue weighted by Crippen LogP contribution is -2.32. The molecule has 4 aliphatic carbocycles. The van der Waals surface area contributed by atoms with Gasteiger partial charge in [-0.1, -0.05) is 218 Å². The summed E-state index contributed by atoms with van der Waals surface area (Å²) in [7, 11) is 0. The number of anilines is 3. The molecular weight excluding hydrogens is 819 g/mol. The van der Waals surface area contributed by atoms with E-state index in [1.807, 2.05) is 0 Å². The van der Waals surface area contributed by atoms with Crippen LogP contribution in [0.25, 0.3) is 76.5 Å². The SMILES string of the molecule is c1ccc(-c2cccc3ccc(N(c4ccc5ccc6ccccc6c5c4)c4ccc5c6c(cccc46)C46c7ccccc7-c7ccccc7C47c4ccccc4-c4ccccc4C576)cc23)cc1. The smallest absolute Gasteiger partial charge is 0.0540 e. The molecule has 12 aromatic carbocycles. The van der Waals surface area contributed by atoms with Crippen molar-refractivity contribution < 1.29 is 0 Å². The number of fused-ring (bicyclic) bond motifs is 10. The molecule has 0 bridgehead atoms. The highest BCUT2D eigenvalue weighted by molar-refractivity contribution is 6.15. The lowest BCUT2D eigenvalue weighted by atomic mass is 9.62. The summed E-state index contributed by atoms with van der Waals surface area (Å²) in [5.41, 5.74) is 18.7. The van der Waals surface area contributed by atoms with Gasteiger partial charge in [0, 0.05) is 16.8 Å². The van der Waals surface area contributed by atoms with Gasteiger partial charge in [0.1, 0.15) is 0 Å². The van der Waals surface area contributed by atoms with Gasteiger partial charge in [-0.2, -0.15) is 0 Å². The van der Waals surface area contributed by atoms with E-state index in [1.165, 1.54) is 116 Å². The van der Waals surface area contributed by atoms with Gasteiger partial charge in [-0.25, -0.2) is 0 Å². The van der Waals surface area contributed by atoms with Crippen LogP contribution in [0.15, 0.2) is 249 Å². The molecule has 3 atom stereocenters. The van der Waals surface area contributed by atoms with Gasteiger partial charge in [0.05, 0.1) is 21.9 Å². The van der Waals surface area contributed by atoms with Gasteiger partial charge < -0.3 is 4.90 Å². The van der Waals surface area contributed by atoms with Crippen LogP contribution < -0.4 is 4.90 Å². The van der Waals surface area contributed by atoms with E-state index in [0.717, 1.165) is 11.4 Å². The Morgan fingerprint density at radius 2 is 0.662 bits per heavy atom. The second-order valence-corrected chi connectivity index (χ2v) is 19.4. The summed E-state index contributed by atoms with van der Waals surface area (Å²) in [5.74, 6) is 0. The first kappa shape index (κ1) is 36.7. The molecule has 0 amide bonds. The van der Waals surface area contributed by atoms with E-state index in [4.69, 9.17) is 0 Å². The maximum absolute atomic E-state index is 2.55. The lowest BCUT2D eigenvalue weighted by Gasteiger charge is -2.40. The van der Waals surface area contributed by atoms with E-state index in [2.05, 4.69) is 254 Å². The van der Waals surface area contributed by atoms with Gasteiger partial charge in [-0.3, -0.25) is 0 Å². The summed E-state index contributed by atoms with van der Waals surface area (Å²) in [6.07, 6.45) is 0. The Balaban J connectivity index is 1.03. The van der Waals surface area contributed by atoms with Crippen LogP contribution in [0.5, 0.6) is 0 Å². The van der Waals surface area contributed by atoms with Crippen LogP contribution in [0.4, 0.5) is 17.1 Å². The van der Waals surface area contributed by atoms with E-state index < -0.39 is 10.8 Å². The number of nitrogens with zero attached hydrogens (tertiary/aromatic N) is 1. The Morgan fingerprint density at radius 1 is 0.250 bits per heavy atom. The van der Waals surface area contributed by atoms with Gasteiger partial charge in [0.15, 0.2) is 0 Å². The van der Waals surface area contributed by atoms with Crippen LogP contribution in [0, 0.1) is 0 Å². The summed E-state index contributed by atoms with van der Waals surface area (Å²) in [5, 5.41) is 10.1. The van der Waals surface area contributed by atoms with Gasteiger partial charge in [0.2, 0.25) is 0 Å². The van der Waals surface area contributed by atoms with Crippen molar-refractivity contribution in [3.63, 3.8) is 0 Å². The molecule has 314 valence electrons. The van der Waals surface area contributed by atoms with Crippen molar-refractivity contribution in [1.82, 2.24) is 0 Å². The van der Waals surface area contributed by atoms with Crippen LogP contribution in [0.3, 0.4) is 0 Å². The second kappa shape index (κ2) is 12.9. The summed E-state index contributed by atoms with van der Waals surface area (Å²) in [6, 6.07) is 94.7. The van der Waals surface area contributed by atoms with Crippen LogP contribution >= 0.6 is 0 Å². The predicted octanol–water partition coefficient (Wildman–Crippen LogP) is 17.0. The lowest BCUT2D eigenvalue weighted by molar-refractivity contribution is 0.674. The zero-order chi connectivity index (χ0) is 44.3. The fourth-order valence-electron chi connectivity index (χ4n) is 14.6. The van der Waals surface area contributed by atoms with E-state index in [9.17, 15) is 0 Å². The zero-order valence-corrected chi connectivity index (χ0v) is 37.1. The third kappa shape index (κ3) is 4.10. The Morgan fingerprint density at radius 3 is 1.29 bits per heavy atom. The molecule has 3 spiro atoms. The van der Waals surface area contributed by atoms with E-state index in [-0.39, 0.29) is 5.41 Å². The molecule has 3 unspecified atom stereocenters. The summed E-state index contributed by atoms with van der Waals surface area (Å²) in [6.45, 7) is 0. The van der Waals surface area contributed by atoms with E-state index in [1.54, 1.807) is 0 Å². The molecule has 1 heteroatoms. The van der Waals surface area contributed by atoms with Crippen molar-refractivity contribution in [1.29, 1.82) is 0 Å². The average molecular weight is 860 g/mol. The quantitative estimate of drug-likeness (QED) is 0.159. The van der Waals surface area contributed by atoms with Crippen molar-refractivity contribution in [3.8, 4) is 33.4 Å². The van der Waals surface area contributed by atoms with Gasteiger partial charge >= 0.3 is 0 Å². The van der Waals surface area contributed by atoms with Crippen LogP contribution in [-0.4, -0.2) is 0 Å². The normalized spacial score (nSPS) is 19.6. The Labute approximate surface area is 394 Å². The molecule has 68 heavy (non-hydrogen) atoms. The molecule has 0 heterocycles. The molecule has 0 aromatic heterocycles. The standard InChI is InChI=1S/C67H41N/c1-2-16-42(17-3-1)49-25-14-19-44-34-36-46(40-55(44)49)68(47-37-35-45-33-32-43-18-4-5-20-48(43)56(45)41-47)63-39-38-62-64-54(63)26-15-31-61(64)66-59-29-12-8-23-52(59)50-21-6-10-27-57(50)65(66)58-28-11-7-22-51(58)53-24-9-13-30-60(53)67(62,65)66/h1-41H. The highest BCUT2D eigenvalue weighted by Crippen LogP contribution is 2.93. The number of rotatable bonds is 4. The van der Waals surface area contributed by atoms with Crippen molar-refractivity contribution in [3.05, 3.63) is 282 Å². The van der Waals surface area contributed by atoms with Crippen LogP contribution in [-0.2, 0) is 16.2 Å². The number of hydrogen-bond acceptors (Lipinski definition) is 1. The molecule has 1 saturated carbocycles. The number of benzene rings is 12. The second-order valence-electron chi connectivity index (χ2n) is 19.4. The number of hydrogen-bond donors (Lipinski definition) is 0. The van der Waals surface area contributed by atoms with Gasteiger partial charge in [0.25, 0.3) is 0 Å². The Kier molecular flexibility index (Phi) is 6.95. The molecule has 16 rings (SSSR count). The van der Waals surface area contributed by atoms with Crippen LogP contribution in [0.2, 0.25) is 0 Å². The zero-order valence-electron chi connectivity index (χ0n) is 37.1. The summed E-state index contributed by atoms with van der Waals surface area (Å²) >= 11 is 0. The van der Waals surface area contributed by atoms with E-state index in [0.29, 0.717) is 0 Å². The highest BCUT2D eigenvalue weighted by atomic mass is 15.1. The minimum atomic E-state index is -0.394. The summed E-state index contributed by atoms with van der Waals surface area (Å²) < 4.78 is 0.